The first kappa shape index (κ1) is 9.94. The van der Waals surface area contributed by atoms with Crippen LogP contribution < -0.4 is 5.32 Å². The van der Waals surface area contributed by atoms with Gasteiger partial charge in [-0.2, -0.15) is 0 Å². The van der Waals surface area contributed by atoms with Gasteiger partial charge in [0.2, 0.25) is 0 Å². The normalized spacial score (nSPS) is 25.1. The Hall–Kier alpha value is -0.600. The van der Waals surface area contributed by atoms with Gasteiger partial charge in [-0.25, -0.2) is 4.39 Å². The lowest BCUT2D eigenvalue weighted by molar-refractivity contribution is 0.602. The minimum atomic E-state index is -0.238. The van der Waals surface area contributed by atoms with Crippen molar-refractivity contribution >= 4 is 11.6 Å². The summed E-state index contributed by atoms with van der Waals surface area (Å²) in [6.45, 7) is 0.955. The smallest absolute Gasteiger partial charge is 0.145 e. The zero-order chi connectivity index (χ0) is 10.1. The quantitative estimate of drug-likeness (QED) is 0.814. The Bertz CT molecular complexity index is 340. The summed E-state index contributed by atoms with van der Waals surface area (Å²) in [5, 5.41) is 3.34. The molecule has 1 aromatic rings. The Morgan fingerprint density at radius 3 is 3.07 bits per heavy atom. The van der Waals surface area contributed by atoms with Crippen molar-refractivity contribution in [1.29, 1.82) is 0 Å². The maximum atomic E-state index is 13.6. The number of hydrogen-bond acceptors (Lipinski definition) is 1. The minimum absolute atomic E-state index is 0.234. The van der Waals surface area contributed by atoms with Crippen LogP contribution in [0.25, 0.3) is 0 Å². The molecule has 0 radical (unpaired) electrons. The molecule has 0 aliphatic heterocycles. The van der Waals surface area contributed by atoms with E-state index >= 15 is 0 Å². The molecule has 14 heavy (non-hydrogen) atoms. The van der Waals surface area contributed by atoms with E-state index in [1.807, 2.05) is 19.2 Å². The van der Waals surface area contributed by atoms with Gasteiger partial charge in [-0.1, -0.05) is 23.7 Å². The van der Waals surface area contributed by atoms with Gasteiger partial charge in [0.1, 0.15) is 5.82 Å². The van der Waals surface area contributed by atoms with Gasteiger partial charge in [-0.15, -0.1) is 0 Å². The van der Waals surface area contributed by atoms with E-state index in [0.29, 0.717) is 11.8 Å². The van der Waals surface area contributed by atoms with Gasteiger partial charge >= 0.3 is 0 Å². The molecule has 1 nitrogen and oxygen atoms in total. The highest BCUT2D eigenvalue weighted by Gasteiger charge is 2.39. The third kappa shape index (κ3) is 1.77. The van der Waals surface area contributed by atoms with E-state index in [1.54, 1.807) is 6.07 Å². The van der Waals surface area contributed by atoms with Crippen LogP contribution in [-0.4, -0.2) is 13.6 Å². The summed E-state index contributed by atoms with van der Waals surface area (Å²) in [6.07, 6.45) is 1.07. The Labute approximate surface area is 88.3 Å². The Balaban J connectivity index is 2.15. The van der Waals surface area contributed by atoms with Gasteiger partial charge < -0.3 is 5.32 Å². The molecule has 1 aliphatic carbocycles. The van der Waals surface area contributed by atoms with Crippen molar-refractivity contribution in [2.75, 3.05) is 13.6 Å². The zero-order valence-electron chi connectivity index (χ0n) is 8.06. The molecule has 1 aromatic carbocycles. The second kappa shape index (κ2) is 3.87. The molecule has 0 bridgehead atoms. The maximum Gasteiger partial charge on any atom is 0.145 e. The van der Waals surface area contributed by atoms with Crippen LogP contribution in [-0.2, 0) is 0 Å². The van der Waals surface area contributed by atoms with Crippen LogP contribution in [0.1, 0.15) is 17.9 Å². The van der Waals surface area contributed by atoms with E-state index in [0.717, 1.165) is 18.5 Å². The van der Waals surface area contributed by atoms with Crippen molar-refractivity contribution in [1.82, 2.24) is 5.32 Å². The first-order valence-electron chi connectivity index (χ1n) is 4.82. The fourth-order valence-electron chi connectivity index (χ4n) is 1.92. The first-order chi connectivity index (χ1) is 6.74. The van der Waals surface area contributed by atoms with Gasteiger partial charge in [-0.05, 0) is 43.5 Å². The Kier molecular flexibility index (Phi) is 2.75. The molecule has 1 N–H and O–H groups in total. The fraction of sp³-hybridized carbons (Fsp3) is 0.455. The SMILES string of the molecule is CNCC1CC1c1cccc(Cl)c1F. The van der Waals surface area contributed by atoms with Gasteiger partial charge in [0, 0.05) is 0 Å². The second-order valence-corrected chi connectivity index (χ2v) is 4.21. The van der Waals surface area contributed by atoms with Gasteiger partial charge in [0.25, 0.3) is 0 Å². The highest BCUT2D eigenvalue weighted by molar-refractivity contribution is 6.30. The first-order valence-corrected chi connectivity index (χ1v) is 5.20. The van der Waals surface area contributed by atoms with E-state index in [-0.39, 0.29) is 10.8 Å². The lowest BCUT2D eigenvalue weighted by Crippen LogP contribution is -2.10. The average molecular weight is 214 g/mol. The summed E-state index contributed by atoms with van der Waals surface area (Å²) >= 11 is 5.72. The van der Waals surface area contributed by atoms with Crippen LogP contribution in [0.4, 0.5) is 4.39 Å². The third-order valence-corrected chi connectivity index (χ3v) is 3.06. The molecule has 1 fully saturated rings. The summed E-state index contributed by atoms with van der Waals surface area (Å²) in [7, 11) is 1.92. The molecule has 2 rings (SSSR count). The largest absolute Gasteiger partial charge is 0.319 e. The van der Waals surface area contributed by atoms with E-state index in [4.69, 9.17) is 11.6 Å². The molecule has 0 spiro atoms. The molecule has 2 unspecified atom stereocenters. The summed E-state index contributed by atoms with van der Waals surface area (Å²) in [4.78, 5) is 0. The van der Waals surface area contributed by atoms with E-state index in [2.05, 4.69) is 5.32 Å². The van der Waals surface area contributed by atoms with E-state index in [1.165, 1.54) is 0 Å². The summed E-state index contributed by atoms with van der Waals surface area (Å²) < 4.78 is 13.6. The van der Waals surface area contributed by atoms with Gasteiger partial charge in [-0.3, -0.25) is 0 Å². The van der Waals surface area contributed by atoms with Crippen molar-refractivity contribution in [3.05, 3.63) is 34.6 Å². The summed E-state index contributed by atoms with van der Waals surface area (Å²) in [5.41, 5.74) is 0.776. The predicted octanol–water partition coefficient (Wildman–Crippen LogP) is 2.80. The Morgan fingerprint density at radius 1 is 1.57 bits per heavy atom. The number of hydrogen-bond donors (Lipinski definition) is 1. The van der Waals surface area contributed by atoms with Gasteiger partial charge in [0.05, 0.1) is 5.02 Å². The summed E-state index contributed by atoms with van der Waals surface area (Å²) in [6, 6.07) is 5.24. The zero-order valence-corrected chi connectivity index (χ0v) is 8.81. The van der Waals surface area contributed by atoms with Gasteiger partial charge in [0.15, 0.2) is 0 Å². The average Bonchev–Trinajstić information content (AvgIpc) is 2.90. The molecule has 2 atom stereocenters. The highest BCUT2D eigenvalue weighted by atomic mass is 35.5. The highest BCUT2D eigenvalue weighted by Crippen LogP contribution is 2.48. The molecule has 1 aliphatic rings. The molecule has 0 saturated heterocycles. The van der Waals surface area contributed by atoms with Crippen LogP contribution in [0.5, 0.6) is 0 Å². The second-order valence-electron chi connectivity index (χ2n) is 3.80. The van der Waals surface area contributed by atoms with E-state index < -0.39 is 0 Å². The minimum Gasteiger partial charge on any atom is -0.319 e. The predicted molar refractivity (Wildman–Crippen MR) is 56.2 cm³/mol. The van der Waals surface area contributed by atoms with E-state index in [9.17, 15) is 4.39 Å². The van der Waals surface area contributed by atoms with Crippen LogP contribution in [0.15, 0.2) is 18.2 Å². The topological polar surface area (TPSA) is 12.0 Å². The standard InChI is InChI=1S/C11H13ClFN/c1-14-6-7-5-9(7)8-3-2-4-10(12)11(8)13/h2-4,7,9,14H,5-6H2,1H3. The molecule has 3 heteroatoms. The molecular weight excluding hydrogens is 201 g/mol. The molecule has 76 valence electrons. The number of benzene rings is 1. The van der Waals surface area contributed by atoms with Crippen molar-refractivity contribution in [2.24, 2.45) is 5.92 Å². The van der Waals surface area contributed by atoms with Crippen LogP contribution in [0, 0.1) is 11.7 Å². The molecule has 0 amide bonds. The molecular formula is C11H13ClFN. The van der Waals surface area contributed by atoms with Crippen molar-refractivity contribution in [3.63, 3.8) is 0 Å². The fourth-order valence-corrected chi connectivity index (χ4v) is 2.10. The lowest BCUT2D eigenvalue weighted by Gasteiger charge is -2.03. The maximum absolute atomic E-state index is 13.6. The van der Waals surface area contributed by atoms with Crippen LogP contribution in [0.3, 0.4) is 0 Å². The summed E-state index contributed by atoms with van der Waals surface area (Å²) in [5.74, 6) is 0.701. The number of nitrogens with one attached hydrogen (secondary N) is 1. The number of halogens is 2. The Morgan fingerprint density at radius 2 is 2.36 bits per heavy atom. The third-order valence-electron chi connectivity index (χ3n) is 2.77. The number of rotatable bonds is 3. The van der Waals surface area contributed by atoms with Crippen LogP contribution >= 0.6 is 11.6 Å². The molecule has 0 heterocycles. The lowest BCUT2D eigenvalue weighted by atomic mass is 10.1. The monoisotopic (exact) mass is 213 g/mol. The molecule has 1 saturated carbocycles. The van der Waals surface area contributed by atoms with Crippen molar-refractivity contribution in [2.45, 2.75) is 12.3 Å². The van der Waals surface area contributed by atoms with Crippen molar-refractivity contribution < 1.29 is 4.39 Å². The van der Waals surface area contributed by atoms with Crippen molar-refractivity contribution in [3.8, 4) is 0 Å². The van der Waals surface area contributed by atoms with Crippen LogP contribution in [0.2, 0.25) is 5.02 Å². The molecule has 0 aromatic heterocycles.